The molecule has 1 aliphatic heterocycles. The van der Waals surface area contributed by atoms with E-state index in [-0.39, 0.29) is 17.6 Å². The lowest BCUT2D eigenvalue weighted by Gasteiger charge is -2.39. The van der Waals surface area contributed by atoms with Crippen molar-refractivity contribution in [2.75, 3.05) is 23.3 Å². The van der Waals surface area contributed by atoms with E-state index in [0.29, 0.717) is 30.4 Å². The molecule has 0 bridgehead atoms. The summed E-state index contributed by atoms with van der Waals surface area (Å²) in [4.78, 5) is 26.6. The molecular weight excluding hydrogens is 372 g/mol. The van der Waals surface area contributed by atoms with Gasteiger partial charge in [0.15, 0.2) is 5.82 Å². The molecule has 3 aromatic rings. The third-order valence-electron chi connectivity index (χ3n) is 4.19. The molecule has 1 saturated heterocycles. The lowest BCUT2D eigenvalue weighted by Crippen LogP contribution is -2.52. The highest BCUT2D eigenvalue weighted by molar-refractivity contribution is 5.94. The van der Waals surface area contributed by atoms with Crippen LogP contribution in [-0.2, 0) is 4.79 Å². The van der Waals surface area contributed by atoms with Gasteiger partial charge in [-0.1, -0.05) is 6.07 Å². The van der Waals surface area contributed by atoms with Gasteiger partial charge in [0.2, 0.25) is 5.91 Å². The van der Waals surface area contributed by atoms with Crippen molar-refractivity contribution >= 4 is 17.4 Å². The Morgan fingerprint density at radius 3 is 2.75 bits per heavy atom. The van der Waals surface area contributed by atoms with Crippen molar-refractivity contribution in [1.82, 2.24) is 24.7 Å². The van der Waals surface area contributed by atoms with E-state index in [0.717, 1.165) is 0 Å². The van der Waals surface area contributed by atoms with E-state index in [2.05, 4.69) is 30.1 Å². The van der Waals surface area contributed by atoms with E-state index < -0.39 is 6.61 Å². The molecule has 0 saturated carbocycles. The second kappa shape index (κ2) is 7.55. The van der Waals surface area contributed by atoms with Crippen molar-refractivity contribution in [2.24, 2.45) is 5.92 Å². The van der Waals surface area contributed by atoms with Crippen molar-refractivity contribution in [3.8, 4) is 11.6 Å². The zero-order valence-electron chi connectivity index (χ0n) is 14.4. The molecular formula is C17H15F2N7O2. The Labute approximate surface area is 158 Å². The maximum absolute atomic E-state index is 12.4. The van der Waals surface area contributed by atoms with Crippen LogP contribution in [0.15, 0.2) is 49.3 Å². The Hall–Kier alpha value is -3.63. The fourth-order valence-corrected chi connectivity index (χ4v) is 2.79. The van der Waals surface area contributed by atoms with Gasteiger partial charge in [0.1, 0.15) is 30.5 Å². The Morgan fingerprint density at radius 2 is 2.00 bits per heavy atom. The van der Waals surface area contributed by atoms with Gasteiger partial charge in [-0.05, 0) is 12.1 Å². The van der Waals surface area contributed by atoms with Crippen LogP contribution in [0.4, 0.5) is 20.3 Å². The second-order valence-electron chi connectivity index (χ2n) is 6.07. The predicted octanol–water partition coefficient (Wildman–Crippen LogP) is 1.73. The van der Waals surface area contributed by atoms with Gasteiger partial charge in [-0.15, -0.1) is 0 Å². The first-order chi connectivity index (χ1) is 13.6. The summed E-state index contributed by atoms with van der Waals surface area (Å²) in [5.74, 6) is 0.799. The van der Waals surface area contributed by atoms with Gasteiger partial charge in [-0.3, -0.25) is 4.79 Å². The number of carbonyl (C=O) groups is 1. The smallest absolute Gasteiger partial charge is 0.387 e. The SMILES string of the molecule is O=C(Nc1cccc(OC(F)F)c1)C1CN(c2cc(-n3cncn3)ncn2)C1. The zero-order valence-corrected chi connectivity index (χ0v) is 14.4. The highest BCUT2D eigenvalue weighted by Gasteiger charge is 2.33. The second-order valence-corrected chi connectivity index (χ2v) is 6.07. The fraction of sp³-hybridized carbons (Fsp3) is 0.235. The van der Waals surface area contributed by atoms with Gasteiger partial charge in [0, 0.05) is 30.9 Å². The van der Waals surface area contributed by atoms with E-state index in [1.807, 2.05) is 4.90 Å². The Bertz CT molecular complexity index is 962. The normalized spacial score (nSPS) is 14.0. The van der Waals surface area contributed by atoms with E-state index in [9.17, 15) is 13.6 Å². The highest BCUT2D eigenvalue weighted by atomic mass is 19.3. The van der Waals surface area contributed by atoms with Crippen LogP contribution < -0.4 is 15.0 Å². The molecule has 1 aromatic carbocycles. The number of hydrogen-bond donors (Lipinski definition) is 1. The van der Waals surface area contributed by atoms with Gasteiger partial charge in [-0.25, -0.2) is 19.6 Å². The largest absolute Gasteiger partial charge is 0.435 e. The number of benzene rings is 1. The van der Waals surface area contributed by atoms with Gasteiger partial charge in [0.05, 0.1) is 5.92 Å². The Kier molecular flexibility index (Phi) is 4.79. The van der Waals surface area contributed by atoms with Crippen molar-refractivity contribution in [2.45, 2.75) is 6.61 Å². The molecule has 0 spiro atoms. The molecule has 11 heteroatoms. The van der Waals surface area contributed by atoms with E-state index in [1.165, 1.54) is 41.9 Å². The number of ether oxygens (including phenoxy) is 1. The molecule has 144 valence electrons. The molecule has 1 aliphatic rings. The Balaban J connectivity index is 1.35. The Morgan fingerprint density at radius 1 is 1.18 bits per heavy atom. The summed E-state index contributed by atoms with van der Waals surface area (Å²) in [6, 6.07) is 7.66. The summed E-state index contributed by atoms with van der Waals surface area (Å²) in [6.07, 6.45) is 4.37. The average molecular weight is 387 g/mol. The van der Waals surface area contributed by atoms with Crippen molar-refractivity contribution in [3.63, 3.8) is 0 Å². The lowest BCUT2D eigenvalue weighted by molar-refractivity contribution is -0.120. The van der Waals surface area contributed by atoms with E-state index >= 15 is 0 Å². The van der Waals surface area contributed by atoms with Crippen LogP contribution in [0.5, 0.6) is 5.75 Å². The van der Waals surface area contributed by atoms with Crippen LogP contribution in [0.25, 0.3) is 5.82 Å². The predicted molar refractivity (Wildman–Crippen MR) is 94.4 cm³/mol. The minimum absolute atomic E-state index is 0.00957. The average Bonchev–Trinajstić information content (AvgIpc) is 3.15. The van der Waals surface area contributed by atoms with E-state index in [1.54, 1.807) is 12.1 Å². The first-order valence-electron chi connectivity index (χ1n) is 8.36. The van der Waals surface area contributed by atoms with Crippen LogP contribution in [0.2, 0.25) is 0 Å². The topological polar surface area (TPSA) is 98.1 Å². The summed E-state index contributed by atoms with van der Waals surface area (Å²) < 4.78 is 30.4. The molecule has 4 rings (SSSR count). The van der Waals surface area contributed by atoms with Crippen LogP contribution in [0.3, 0.4) is 0 Å². The molecule has 0 aliphatic carbocycles. The number of hydrogen-bond acceptors (Lipinski definition) is 7. The number of carbonyl (C=O) groups excluding carboxylic acids is 1. The quantitative estimate of drug-likeness (QED) is 0.688. The molecule has 0 unspecified atom stereocenters. The summed E-state index contributed by atoms with van der Waals surface area (Å²) in [6.45, 7) is -1.96. The number of alkyl halides is 2. The standard InChI is InChI=1S/C17H15F2N7O2/c18-17(19)28-13-3-1-2-12(4-13)24-16(27)11-6-25(7-11)14-5-15(22-9-21-14)26-10-20-8-23-26/h1-5,8-11,17H,6-7H2,(H,24,27). The van der Waals surface area contributed by atoms with E-state index in [4.69, 9.17) is 0 Å². The van der Waals surface area contributed by atoms with Gasteiger partial charge < -0.3 is 15.0 Å². The lowest BCUT2D eigenvalue weighted by atomic mass is 9.99. The minimum atomic E-state index is -2.92. The fourth-order valence-electron chi connectivity index (χ4n) is 2.79. The molecule has 1 fully saturated rings. The number of nitrogens with zero attached hydrogens (tertiary/aromatic N) is 6. The summed E-state index contributed by atoms with van der Waals surface area (Å²) >= 11 is 0. The van der Waals surface area contributed by atoms with Crippen LogP contribution in [-0.4, -0.2) is 50.3 Å². The number of amides is 1. The molecule has 9 nitrogen and oxygen atoms in total. The summed E-state index contributed by atoms with van der Waals surface area (Å²) in [5, 5.41) is 6.74. The van der Waals surface area contributed by atoms with Crippen LogP contribution in [0.1, 0.15) is 0 Å². The summed E-state index contributed by atoms with van der Waals surface area (Å²) in [7, 11) is 0. The van der Waals surface area contributed by atoms with Crippen molar-refractivity contribution in [3.05, 3.63) is 49.3 Å². The summed E-state index contributed by atoms with van der Waals surface area (Å²) in [5.41, 5.74) is 0.400. The van der Waals surface area contributed by atoms with Crippen LogP contribution in [0, 0.1) is 5.92 Å². The molecule has 1 N–H and O–H groups in total. The molecule has 2 aromatic heterocycles. The molecule has 0 radical (unpaired) electrons. The number of rotatable bonds is 6. The van der Waals surface area contributed by atoms with Crippen molar-refractivity contribution in [1.29, 1.82) is 0 Å². The van der Waals surface area contributed by atoms with Gasteiger partial charge >= 0.3 is 6.61 Å². The maximum atomic E-state index is 12.4. The number of anilines is 2. The zero-order chi connectivity index (χ0) is 19.5. The number of halogens is 2. The third-order valence-corrected chi connectivity index (χ3v) is 4.19. The highest BCUT2D eigenvalue weighted by Crippen LogP contribution is 2.25. The maximum Gasteiger partial charge on any atom is 0.387 e. The van der Waals surface area contributed by atoms with Crippen molar-refractivity contribution < 1.29 is 18.3 Å². The molecule has 0 atom stereocenters. The monoisotopic (exact) mass is 387 g/mol. The third kappa shape index (κ3) is 3.87. The molecule has 28 heavy (non-hydrogen) atoms. The minimum Gasteiger partial charge on any atom is -0.435 e. The van der Waals surface area contributed by atoms with Gasteiger partial charge in [-0.2, -0.15) is 13.9 Å². The first-order valence-corrected chi connectivity index (χ1v) is 8.36. The first kappa shape index (κ1) is 17.8. The number of aromatic nitrogens is 5. The number of nitrogens with one attached hydrogen (secondary N) is 1. The van der Waals surface area contributed by atoms with Crippen LogP contribution >= 0.6 is 0 Å². The molecule has 1 amide bonds. The molecule has 3 heterocycles. The van der Waals surface area contributed by atoms with Gasteiger partial charge in [0.25, 0.3) is 0 Å².